The van der Waals surface area contributed by atoms with Crippen molar-refractivity contribution in [2.45, 2.75) is 6.61 Å². The van der Waals surface area contributed by atoms with Gasteiger partial charge in [-0.2, -0.15) is 13.4 Å². The van der Waals surface area contributed by atoms with Crippen molar-refractivity contribution in [2.24, 2.45) is 16.5 Å². The van der Waals surface area contributed by atoms with Crippen LogP contribution in [0.15, 0.2) is 53.5 Å². The molecule has 8 nitrogen and oxygen atoms in total. The second-order valence-electron chi connectivity index (χ2n) is 5.01. The SMILES string of the molecule is CS(=O)(=O)O.NC(N)=NC(=O)c1cccc(-c2cccc(CO)c2)c1. The molecule has 134 valence electrons. The standard InChI is InChI=1S/C15H15N3O2.CH4O3S/c16-15(17)18-14(20)13-6-2-5-12(8-13)11-4-1-3-10(7-11)9-19;1-5(2,3)4/h1-8,19H,9H2,(H4,16,17,18,20);1H3,(H,2,3,4). The quantitative estimate of drug-likeness (QED) is 0.355. The van der Waals surface area contributed by atoms with Gasteiger partial charge in [0.05, 0.1) is 12.9 Å². The predicted octanol–water partition coefficient (Wildman–Crippen LogP) is 0.764. The molecule has 6 N–H and O–H groups in total. The van der Waals surface area contributed by atoms with Crippen LogP contribution in [0.3, 0.4) is 0 Å². The number of benzene rings is 2. The molecule has 0 saturated carbocycles. The maximum atomic E-state index is 11.8. The fourth-order valence-corrected chi connectivity index (χ4v) is 1.86. The summed E-state index contributed by atoms with van der Waals surface area (Å²) >= 11 is 0. The van der Waals surface area contributed by atoms with Gasteiger partial charge < -0.3 is 16.6 Å². The van der Waals surface area contributed by atoms with Crippen LogP contribution in [-0.2, 0) is 16.7 Å². The Balaban J connectivity index is 0.000000550. The molecule has 2 aromatic carbocycles. The van der Waals surface area contributed by atoms with Crippen LogP contribution in [-0.4, -0.2) is 36.2 Å². The molecule has 0 aliphatic rings. The van der Waals surface area contributed by atoms with E-state index in [-0.39, 0.29) is 12.6 Å². The van der Waals surface area contributed by atoms with Gasteiger partial charge in [-0.25, -0.2) is 0 Å². The van der Waals surface area contributed by atoms with E-state index >= 15 is 0 Å². The average molecular weight is 365 g/mol. The maximum Gasteiger partial charge on any atom is 0.280 e. The molecule has 0 aliphatic heterocycles. The number of aliphatic hydroxyl groups excluding tert-OH is 1. The van der Waals surface area contributed by atoms with E-state index in [0.29, 0.717) is 11.8 Å². The fourth-order valence-electron chi connectivity index (χ4n) is 1.86. The summed E-state index contributed by atoms with van der Waals surface area (Å²) in [4.78, 5) is 15.3. The van der Waals surface area contributed by atoms with Crippen molar-refractivity contribution in [3.05, 3.63) is 59.7 Å². The monoisotopic (exact) mass is 365 g/mol. The van der Waals surface area contributed by atoms with Gasteiger partial charge >= 0.3 is 0 Å². The van der Waals surface area contributed by atoms with Crippen LogP contribution in [0.5, 0.6) is 0 Å². The van der Waals surface area contributed by atoms with Crippen molar-refractivity contribution < 1.29 is 22.9 Å². The highest BCUT2D eigenvalue weighted by atomic mass is 32.2. The highest BCUT2D eigenvalue weighted by Gasteiger charge is 2.06. The number of aliphatic imine (C=N–C) groups is 1. The van der Waals surface area contributed by atoms with Crippen molar-refractivity contribution in [2.75, 3.05) is 6.26 Å². The van der Waals surface area contributed by atoms with Crippen LogP contribution in [0.1, 0.15) is 15.9 Å². The summed E-state index contributed by atoms with van der Waals surface area (Å²) in [5.41, 5.74) is 13.4. The third-order valence-electron chi connectivity index (χ3n) is 2.78. The van der Waals surface area contributed by atoms with E-state index in [1.54, 1.807) is 18.2 Å². The van der Waals surface area contributed by atoms with E-state index in [1.165, 1.54) is 0 Å². The number of hydrogen-bond donors (Lipinski definition) is 4. The number of rotatable bonds is 3. The van der Waals surface area contributed by atoms with Gasteiger partial charge in [0.1, 0.15) is 0 Å². The van der Waals surface area contributed by atoms with Gasteiger partial charge in [-0.05, 0) is 34.9 Å². The predicted molar refractivity (Wildman–Crippen MR) is 95.4 cm³/mol. The number of nitrogens with zero attached hydrogens (tertiary/aromatic N) is 1. The normalized spacial score (nSPS) is 10.4. The molecule has 0 spiro atoms. The van der Waals surface area contributed by atoms with Gasteiger partial charge in [-0.1, -0.05) is 30.3 Å². The van der Waals surface area contributed by atoms with E-state index in [0.717, 1.165) is 16.7 Å². The molecule has 0 fully saturated rings. The Hall–Kier alpha value is -2.75. The van der Waals surface area contributed by atoms with Crippen LogP contribution >= 0.6 is 0 Å². The lowest BCUT2D eigenvalue weighted by atomic mass is 10.0. The first kappa shape index (κ1) is 20.3. The molecule has 0 bridgehead atoms. The first-order valence-corrected chi connectivity index (χ1v) is 8.81. The van der Waals surface area contributed by atoms with Gasteiger partial charge in [0.15, 0.2) is 5.96 Å². The van der Waals surface area contributed by atoms with Crippen LogP contribution in [0.2, 0.25) is 0 Å². The summed E-state index contributed by atoms with van der Waals surface area (Å²) in [6.07, 6.45) is 0.715. The molecule has 1 amide bonds. The number of carbonyl (C=O) groups is 1. The molecule has 0 atom stereocenters. The van der Waals surface area contributed by atoms with E-state index in [1.807, 2.05) is 30.3 Å². The van der Waals surface area contributed by atoms with Gasteiger partial charge in [0, 0.05) is 5.56 Å². The zero-order valence-electron chi connectivity index (χ0n) is 13.5. The summed E-state index contributed by atoms with van der Waals surface area (Å²) in [5.74, 6) is -0.743. The number of hydrogen-bond acceptors (Lipinski definition) is 4. The molecular weight excluding hydrogens is 346 g/mol. The first-order valence-electron chi connectivity index (χ1n) is 6.97. The number of nitrogens with two attached hydrogens (primary N) is 2. The van der Waals surface area contributed by atoms with E-state index in [9.17, 15) is 13.2 Å². The first-order chi connectivity index (χ1) is 11.6. The molecule has 2 aromatic rings. The third-order valence-corrected chi connectivity index (χ3v) is 2.78. The van der Waals surface area contributed by atoms with Crippen molar-refractivity contribution in [1.29, 1.82) is 0 Å². The minimum absolute atomic E-state index is 0.0273. The number of carbonyl (C=O) groups excluding carboxylic acids is 1. The van der Waals surface area contributed by atoms with Gasteiger partial charge in [-0.3, -0.25) is 9.35 Å². The van der Waals surface area contributed by atoms with Crippen LogP contribution < -0.4 is 11.5 Å². The molecule has 2 rings (SSSR count). The van der Waals surface area contributed by atoms with Crippen molar-refractivity contribution >= 4 is 22.0 Å². The zero-order chi connectivity index (χ0) is 19.0. The number of aliphatic hydroxyl groups is 1. The Bertz CT molecular complexity index is 867. The molecule has 0 aromatic heterocycles. The Labute approximate surface area is 145 Å². The molecular formula is C16H19N3O5S. The third kappa shape index (κ3) is 8.06. The van der Waals surface area contributed by atoms with Gasteiger partial charge in [0.2, 0.25) is 0 Å². The van der Waals surface area contributed by atoms with E-state index < -0.39 is 16.0 Å². The van der Waals surface area contributed by atoms with Crippen molar-refractivity contribution in [1.82, 2.24) is 0 Å². The Morgan fingerprint density at radius 3 is 2.12 bits per heavy atom. The molecule has 0 radical (unpaired) electrons. The van der Waals surface area contributed by atoms with Gasteiger partial charge in [0.25, 0.3) is 16.0 Å². The maximum absolute atomic E-state index is 11.8. The minimum atomic E-state index is -3.67. The number of amides is 1. The molecule has 25 heavy (non-hydrogen) atoms. The lowest BCUT2D eigenvalue weighted by Gasteiger charge is -2.05. The lowest BCUT2D eigenvalue weighted by molar-refractivity contribution is 0.100. The summed E-state index contributed by atoms with van der Waals surface area (Å²) in [5, 5.41) is 9.15. The molecule has 0 unspecified atom stereocenters. The smallest absolute Gasteiger partial charge is 0.280 e. The highest BCUT2D eigenvalue weighted by Crippen LogP contribution is 2.22. The largest absolute Gasteiger partial charge is 0.392 e. The van der Waals surface area contributed by atoms with E-state index in [4.69, 9.17) is 21.1 Å². The van der Waals surface area contributed by atoms with Crippen LogP contribution in [0.25, 0.3) is 11.1 Å². The topological polar surface area (TPSA) is 156 Å². The molecule has 0 aliphatic carbocycles. The second kappa shape index (κ2) is 8.92. The summed E-state index contributed by atoms with van der Waals surface area (Å²) in [6.45, 7) is -0.0273. The highest BCUT2D eigenvalue weighted by molar-refractivity contribution is 7.85. The van der Waals surface area contributed by atoms with Crippen molar-refractivity contribution in [3.8, 4) is 11.1 Å². The molecule has 0 saturated heterocycles. The Morgan fingerprint density at radius 2 is 1.60 bits per heavy atom. The Morgan fingerprint density at radius 1 is 1.08 bits per heavy atom. The van der Waals surface area contributed by atoms with E-state index in [2.05, 4.69) is 4.99 Å². The van der Waals surface area contributed by atoms with Crippen molar-refractivity contribution in [3.63, 3.8) is 0 Å². The summed E-state index contributed by atoms with van der Waals surface area (Å²) in [7, 11) is -3.67. The van der Waals surface area contributed by atoms with Crippen LogP contribution in [0, 0.1) is 0 Å². The lowest BCUT2D eigenvalue weighted by Crippen LogP contribution is -2.24. The minimum Gasteiger partial charge on any atom is -0.392 e. The summed E-state index contributed by atoms with van der Waals surface area (Å²) in [6, 6.07) is 14.5. The average Bonchev–Trinajstić information content (AvgIpc) is 2.53. The summed E-state index contributed by atoms with van der Waals surface area (Å²) < 4.78 is 25.9. The molecule has 9 heteroatoms. The Kier molecular flexibility index (Phi) is 7.24. The van der Waals surface area contributed by atoms with Crippen LogP contribution in [0.4, 0.5) is 0 Å². The number of guanidine groups is 1. The zero-order valence-corrected chi connectivity index (χ0v) is 14.3. The fraction of sp³-hybridized carbons (Fsp3) is 0.125. The van der Waals surface area contributed by atoms with Gasteiger partial charge in [-0.15, -0.1) is 0 Å². The molecule has 0 heterocycles. The second-order valence-corrected chi connectivity index (χ2v) is 6.48.